The van der Waals surface area contributed by atoms with E-state index in [0.717, 1.165) is 10.9 Å². The first kappa shape index (κ1) is 11.9. The van der Waals surface area contributed by atoms with E-state index in [-0.39, 0.29) is 10.6 Å². The van der Waals surface area contributed by atoms with Gasteiger partial charge in [-0.15, -0.1) is 0 Å². The standard InChI is InChI=1S/C12H14NO3S/c1-3-17(14,15)11-8-10-6-4-5-7-12(10)13(9-11)16-2/h4-9H,3H2,1-2H3/q+1. The Kier molecular flexibility index (Phi) is 3.02. The Labute approximate surface area is 100 Å². The Hall–Kier alpha value is -1.62. The molecule has 90 valence electrons. The van der Waals surface area contributed by atoms with E-state index in [4.69, 9.17) is 4.84 Å². The number of fused-ring (bicyclic) bond motifs is 1. The molecule has 1 heterocycles. The number of para-hydroxylation sites is 1. The Bertz CT molecular complexity index is 650. The summed E-state index contributed by atoms with van der Waals surface area (Å²) >= 11 is 0. The number of hydrogen-bond donors (Lipinski definition) is 0. The van der Waals surface area contributed by atoms with Crippen molar-refractivity contribution >= 4 is 20.7 Å². The summed E-state index contributed by atoms with van der Waals surface area (Å²) in [5.41, 5.74) is 0.838. The van der Waals surface area contributed by atoms with Crippen LogP contribution in [0, 0.1) is 0 Å². The van der Waals surface area contributed by atoms with E-state index in [2.05, 4.69) is 0 Å². The summed E-state index contributed by atoms with van der Waals surface area (Å²) in [4.78, 5) is 5.44. The molecular weight excluding hydrogens is 238 g/mol. The minimum absolute atomic E-state index is 0.0784. The lowest BCUT2D eigenvalue weighted by Gasteiger charge is -2.02. The fourth-order valence-electron chi connectivity index (χ4n) is 1.67. The van der Waals surface area contributed by atoms with Gasteiger partial charge in [0.05, 0.1) is 11.1 Å². The summed E-state index contributed by atoms with van der Waals surface area (Å²) in [5, 5.41) is 0.837. The average Bonchev–Trinajstić information content (AvgIpc) is 2.37. The summed E-state index contributed by atoms with van der Waals surface area (Å²) < 4.78 is 25.2. The molecule has 0 aliphatic carbocycles. The normalized spacial score (nSPS) is 11.6. The monoisotopic (exact) mass is 252 g/mol. The van der Waals surface area contributed by atoms with Crippen LogP contribution in [0.25, 0.3) is 10.9 Å². The van der Waals surface area contributed by atoms with Crippen LogP contribution in [0.4, 0.5) is 0 Å². The van der Waals surface area contributed by atoms with Crippen molar-refractivity contribution in [3.05, 3.63) is 36.5 Å². The van der Waals surface area contributed by atoms with Crippen LogP contribution in [-0.2, 0) is 9.84 Å². The fourth-order valence-corrected chi connectivity index (χ4v) is 2.57. The largest absolute Gasteiger partial charge is 0.274 e. The second kappa shape index (κ2) is 4.33. The summed E-state index contributed by atoms with van der Waals surface area (Å²) in [6.07, 6.45) is 1.50. The van der Waals surface area contributed by atoms with Crippen molar-refractivity contribution in [2.45, 2.75) is 11.8 Å². The SMILES string of the molecule is CCS(=O)(=O)c1cc2ccccc2[n+](OC)c1. The van der Waals surface area contributed by atoms with Crippen LogP contribution < -0.4 is 9.57 Å². The van der Waals surface area contributed by atoms with Crippen LogP contribution in [0.15, 0.2) is 41.4 Å². The molecule has 0 radical (unpaired) electrons. The molecule has 2 aromatic rings. The van der Waals surface area contributed by atoms with E-state index in [9.17, 15) is 8.42 Å². The molecule has 2 rings (SSSR count). The number of aromatic nitrogens is 1. The predicted molar refractivity (Wildman–Crippen MR) is 64.4 cm³/mol. The zero-order chi connectivity index (χ0) is 12.5. The Balaban J connectivity index is 2.78. The van der Waals surface area contributed by atoms with Crippen molar-refractivity contribution in [1.29, 1.82) is 0 Å². The Morgan fingerprint density at radius 3 is 2.65 bits per heavy atom. The maximum absolute atomic E-state index is 11.8. The molecule has 4 nitrogen and oxygen atoms in total. The third-order valence-electron chi connectivity index (χ3n) is 2.65. The first-order valence-electron chi connectivity index (χ1n) is 5.30. The third-order valence-corrected chi connectivity index (χ3v) is 4.35. The van der Waals surface area contributed by atoms with Gasteiger partial charge in [-0.2, -0.15) is 0 Å². The summed E-state index contributed by atoms with van der Waals surface area (Å²) in [5.74, 6) is 0.0784. The van der Waals surface area contributed by atoms with Crippen molar-refractivity contribution in [3.63, 3.8) is 0 Å². The van der Waals surface area contributed by atoms with E-state index in [1.165, 1.54) is 18.0 Å². The van der Waals surface area contributed by atoms with Gasteiger partial charge in [0, 0.05) is 10.8 Å². The molecule has 0 spiro atoms. The van der Waals surface area contributed by atoms with Crippen molar-refractivity contribution in [2.75, 3.05) is 12.9 Å². The van der Waals surface area contributed by atoms with Crippen LogP contribution >= 0.6 is 0 Å². The lowest BCUT2D eigenvalue weighted by atomic mass is 10.2. The van der Waals surface area contributed by atoms with Crippen molar-refractivity contribution in [2.24, 2.45) is 0 Å². The van der Waals surface area contributed by atoms with Crippen LogP contribution in [0.5, 0.6) is 0 Å². The van der Waals surface area contributed by atoms with E-state index in [0.29, 0.717) is 0 Å². The van der Waals surface area contributed by atoms with Gasteiger partial charge in [0.1, 0.15) is 12.0 Å². The molecule has 0 N–H and O–H groups in total. The molecule has 1 aromatic carbocycles. The summed E-state index contributed by atoms with van der Waals surface area (Å²) in [6, 6.07) is 9.15. The number of pyridine rings is 1. The number of rotatable bonds is 3. The number of hydrogen-bond acceptors (Lipinski definition) is 3. The number of nitrogens with zero attached hydrogens (tertiary/aromatic N) is 1. The van der Waals surface area contributed by atoms with E-state index >= 15 is 0 Å². The molecule has 0 amide bonds. The highest BCUT2D eigenvalue weighted by Crippen LogP contribution is 2.15. The van der Waals surface area contributed by atoms with Gasteiger partial charge in [0.2, 0.25) is 6.20 Å². The Morgan fingerprint density at radius 2 is 2.00 bits per heavy atom. The van der Waals surface area contributed by atoms with Gasteiger partial charge in [0.15, 0.2) is 9.84 Å². The highest BCUT2D eigenvalue weighted by Gasteiger charge is 2.20. The third kappa shape index (κ3) is 2.10. The molecule has 5 heteroatoms. The molecule has 17 heavy (non-hydrogen) atoms. The van der Waals surface area contributed by atoms with Gasteiger partial charge < -0.3 is 0 Å². The molecule has 0 aliphatic heterocycles. The molecular formula is C12H14NO3S+. The van der Waals surface area contributed by atoms with Crippen LogP contribution in [0.1, 0.15) is 6.92 Å². The summed E-state index contributed by atoms with van der Waals surface area (Å²) in [7, 11) is -1.71. The summed E-state index contributed by atoms with van der Waals surface area (Å²) in [6.45, 7) is 1.63. The van der Waals surface area contributed by atoms with E-state index in [1.54, 1.807) is 13.0 Å². The lowest BCUT2D eigenvalue weighted by molar-refractivity contribution is -0.866. The second-order valence-electron chi connectivity index (χ2n) is 3.65. The maximum Gasteiger partial charge on any atom is 0.264 e. The zero-order valence-corrected chi connectivity index (χ0v) is 10.6. The number of benzene rings is 1. The molecule has 0 saturated heterocycles. The molecule has 0 unspecified atom stereocenters. The highest BCUT2D eigenvalue weighted by atomic mass is 32.2. The molecule has 0 fully saturated rings. The predicted octanol–water partition coefficient (Wildman–Crippen LogP) is 0.979. The first-order chi connectivity index (χ1) is 8.08. The fraction of sp³-hybridized carbons (Fsp3) is 0.250. The minimum Gasteiger partial charge on any atom is -0.274 e. The average molecular weight is 252 g/mol. The molecule has 0 atom stereocenters. The van der Waals surface area contributed by atoms with Crippen molar-refractivity contribution in [1.82, 2.24) is 0 Å². The van der Waals surface area contributed by atoms with Gasteiger partial charge in [-0.1, -0.05) is 19.1 Å². The van der Waals surface area contributed by atoms with Crippen LogP contribution in [0.2, 0.25) is 0 Å². The van der Waals surface area contributed by atoms with Gasteiger partial charge in [0.25, 0.3) is 5.52 Å². The molecule has 0 bridgehead atoms. The Morgan fingerprint density at radius 1 is 1.29 bits per heavy atom. The van der Waals surface area contributed by atoms with Crippen molar-refractivity contribution in [3.8, 4) is 0 Å². The number of sulfone groups is 1. The van der Waals surface area contributed by atoms with Crippen LogP contribution in [-0.4, -0.2) is 21.3 Å². The van der Waals surface area contributed by atoms with Gasteiger partial charge in [-0.3, -0.25) is 4.84 Å². The van der Waals surface area contributed by atoms with Crippen LogP contribution in [0.3, 0.4) is 0 Å². The lowest BCUT2D eigenvalue weighted by Crippen LogP contribution is -2.41. The quantitative estimate of drug-likeness (QED) is 0.765. The molecule has 0 aliphatic rings. The smallest absolute Gasteiger partial charge is 0.264 e. The van der Waals surface area contributed by atoms with Gasteiger partial charge >= 0.3 is 0 Å². The highest BCUT2D eigenvalue weighted by molar-refractivity contribution is 7.91. The maximum atomic E-state index is 11.8. The van der Waals surface area contributed by atoms with Gasteiger partial charge in [-0.05, 0) is 12.1 Å². The first-order valence-corrected chi connectivity index (χ1v) is 6.95. The molecule has 0 saturated carbocycles. The second-order valence-corrected chi connectivity index (χ2v) is 5.92. The van der Waals surface area contributed by atoms with E-state index < -0.39 is 9.84 Å². The van der Waals surface area contributed by atoms with Crippen molar-refractivity contribution < 1.29 is 18.0 Å². The molecule has 1 aromatic heterocycles. The van der Waals surface area contributed by atoms with E-state index in [1.807, 2.05) is 24.3 Å². The minimum atomic E-state index is -3.22. The van der Waals surface area contributed by atoms with Gasteiger partial charge in [-0.25, -0.2) is 8.42 Å². The zero-order valence-electron chi connectivity index (χ0n) is 9.75. The topological polar surface area (TPSA) is 47.2 Å².